The fourth-order valence-corrected chi connectivity index (χ4v) is 2.25. The van der Waals surface area contributed by atoms with Crippen molar-refractivity contribution in [1.82, 2.24) is 15.0 Å². The molecule has 2 rings (SSSR count). The van der Waals surface area contributed by atoms with Crippen LogP contribution in [0.25, 0.3) is 0 Å². The van der Waals surface area contributed by atoms with Crippen molar-refractivity contribution in [2.24, 2.45) is 5.14 Å². The minimum Gasteiger partial charge on any atom is -0.451 e. The van der Waals surface area contributed by atoms with E-state index >= 15 is 0 Å². The SMILES string of the molecule is Cc1ncc(Oc2cc(S(N)(=O)=O)ncc2C(C)C)c(N)n1. The van der Waals surface area contributed by atoms with Crippen LogP contribution in [0.3, 0.4) is 0 Å². The van der Waals surface area contributed by atoms with Gasteiger partial charge in [-0.2, -0.15) is 0 Å². The monoisotopic (exact) mass is 323 g/mol. The maximum atomic E-state index is 11.4. The zero-order valence-corrected chi connectivity index (χ0v) is 13.3. The number of ether oxygens (including phenoxy) is 1. The highest BCUT2D eigenvalue weighted by atomic mass is 32.2. The number of rotatable bonds is 4. The van der Waals surface area contributed by atoms with E-state index < -0.39 is 10.0 Å². The Morgan fingerprint density at radius 3 is 2.41 bits per heavy atom. The topological polar surface area (TPSA) is 134 Å². The number of nitrogens with zero attached hydrogens (tertiary/aromatic N) is 3. The molecule has 8 nitrogen and oxygen atoms in total. The van der Waals surface area contributed by atoms with Gasteiger partial charge in [0.15, 0.2) is 16.6 Å². The van der Waals surface area contributed by atoms with Gasteiger partial charge in [0, 0.05) is 17.8 Å². The van der Waals surface area contributed by atoms with Gasteiger partial charge in [-0.25, -0.2) is 28.5 Å². The number of pyridine rings is 1. The lowest BCUT2D eigenvalue weighted by Crippen LogP contribution is -2.14. The van der Waals surface area contributed by atoms with Gasteiger partial charge < -0.3 is 10.5 Å². The van der Waals surface area contributed by atoms with Crippen molar-refractivity contribution in [3.8, 4) is 11.5 Å². The second kappa shape index (κ2) is 5.85. The van der Waals surface area contributed by atoms with E-state index in [1.165, 1.54) is 18.5 Å². The van der Waals surface area contributed by atoms with Gasteiger partial charge in [0.25, 0.3) is 10.0 Å². The van der Waals surface area contributed by atoms with Gasteiger partial charge in [-0.3, -0.25) is 0 Å². The van der Waals surface area contributed by atoms with E-state index in [1.807, 2.05) is 13.8 Å². The molecule has 0 amide bonds. The second-order valence-electron chi connectivity index (χ2n) is 5.03. The minimum absolute atomic E-state index is 0.0598. The largest absolute Gasteiger partial charge is 0.451 e. The molecule has 0 aliphatic heterocycles. The number of hydrogen-bond donors (Lipinski definition) is 2. The highest BCUT2D eigenvalue weighted by molar-refractivity contribution is 7.89. The molecule has 9 heteroatoms. The average Bonchev–Trinajstić information content (AvgIpc) is 2.40. The summed E-state index contributed by atoms with van der Waals surface area (Å²) in [7, 11) is -3.93. The second-order valence-corrected chi connectivity index (χ2v) is 6.54. The Morgan fingerprint density at radius 1 is 1.18 bits per heavy atom. The zero-order chi connectivity index (χ0) is 16.5. The summed E-state index contributed by atoms with van der Waals surface area (Å²) in [6.45, 7) is 5.55. The first-order valence-electron chi connectivity index (χ1n) is 6.48. The van der Waals surface area contributed by atoms with Crippen LogP contribution in [0.4, 0.5) is 5.82 Å². The summed E-state index contributed by atoms with van der Waals surface area (Å²) in [5.74, 6) is 1.27. The normalized spacial score (nSPS) is 11.7. The van der Waals surface area contributed by atoms with E-state index in [0.717, 1.165) is 0 Å². The summed E-state index contributed by atoms with van der Waals surface area (Å²) in [5.41, 5.74) is 6.50. The van der Waals surface area contributed by atoms with Crippen molar-refractivity contribution in [2.75, 3.05) is 5.73 Å². The van der Waals surface area contributed by atoms with E-state index in [2.05, 4.69) is 15.0 Å². The van der Waals surface area contributed by atoms with Crippen LogP contribution in [0.1, 0.15) is 31.2 Å². The number of primary sulfonamides is 1. The fraction of sp³-hybridized carbons (Fsp3) is 0.308. The molecule has 0 atom stereocenters. The van der Waals surface area contributed by atoms with Crippen LogP contribution in [0, 0.1) is 6.92 Å². The molecule has 2 aromatic rings. The Hall–Kier alpha value is -2.26. The molecule has 0 aromatic carbocycles. The number of aryl methyl sites for hydroxylation is 1. The van der Waals surface area contributed by atoms with Gasteiger partial charge in [-0.05, 0) is 12.8 Å². The van der Waals surface area contributed by atoms with Crippen molar-refractivity contribution in [3.05, 3.63) is 29.8 Å². The maximum absolute atomic E-state index is 11.4. The molecule has 0 saturated heterocycles. The summed E-state index contributed by atoms with van der Waals surface area (Å²) >= 11 is 0. The van der Waals surface area contributed by atoms with Crippen molar-refractivity contribution in [2.45, 2.75) is 31.7 Å². The van der Waals surface area contributed by atoms with E-state index in [-0.39, 0.29) is 22.5 Å². The van der Waals surface area contributed by atoms with Crippen molar-refractivity contribution >= 4 is 15.8 Å². The van der Waals surface area contributed by atoms with Gasteiger partial charge in [-0.1, -0.05) is 13.8 Å². The molecule has 0 radical (unpaired) electrons. The van der Waals surface area contributed by atoms with Crippen LogP contribution in [0.15, 0.2) is 23.5 Å². The standard InChI is InChI=1S/C13H17N5O3S/c1-7(2)9-5-17-12(22(15,19)20)4-10(9)21-11-6-16-8(3)18-13(11)14/h4-7H,1-3H3,(H2,14,16,18)(H2,15,19,20). The van der Waals surface area contributed by atoms with Crippen LogP contribution in [-0.2, 0) is 10.0 Å². The molecule has 0 saturated carbocycles. The predicted octanol–water partition coefficient (Wildman–Crippen LogP) is 1.33. The highest BCUT2D eigenvalue weighted by Crippen LogP contribution is 2.32. The molecule has 0 bridgehead atoms. The maximum Gasteiger partial charge on any atom is 0.255 e. The summed E-state index contributed by atoms with van der Waals surface area (Å²) in [5, 5.41) is 4.82. The number of sulfonamides is 1. The summed E-state index contributed by atoms with van der Waals surface area (Å²) in [6, 6.07) is 1.27. The number of anilines is 1. The van der Waals surface area contributed by atoms with E-state index in [9.17, 15) is 8.42 Å². The van der Waals surface area contributed by atoms with Gasteiger partial charge in [0.1, 0.15) is 11.6 Å². The number of nitrogen functional groups attached to an aromatic ring is 1. The predicted molar refractivity (Wildman–Crippen MR) is 81.0 cm³/mol. The molecule has 118 valence electrons. The van der Waals surface area contributed by atoms with E-state index in [1.54, 1.807) is 6.92 Å². The van der Waals surface area contributed by atoms with Gasteiger partial charge >= 0.3 is 0 Å². The summed E-state index contributed by atoms with van der Waals surface area (Å²) < 4.78 is 28.6. The third-order valence-corrected chi connectivity index (χ3v) is 3.71. The summed E-state index contributed by atoms with van der Waals surface area (Å²) in [4.78, 5) is 11.9. The number of hydrogen-bond acceptors (Lipinski definition) is 7. The van der Waals surface area contributed by atoms with E-state index in [0.29, 0.717) is 17.1 Å². The molecule has 22 heavy (non-hydrogen) atoms. The first-order valence-corrected chi connectivity index (χ1v) is 8.03. The van der Waals surface area contributed by atoms with Gasteiger partial charge in [0.2, 0.25) is 0 Å². The molecular formula is C13H17N5O3S. The third-order valence-electron chi connectivity index (χ3n) is 2.91. The zero-order valence-electron chi connectivity index (χ0n) is 12.4. The van der Waals surface area contributed by atoms with E-state index in [4.69, 9.17) is 15.6 Å². The number of nitrogens with two attached hydrogens (primary N) is 2. The van der Waals surface area contributed by atoms with Crippen molar-refractivity contribution in [3.63, 3.8) is 0 Å². The molecule has 2 aromatic heterocycles. The third kappa shape index (κ3) is 3.49. The molecule has 0 spiro atoms. The number of aromatic nitrogens is 3. The summed E-state index contributed by atoms with van der Waals surface area (Å²) in [6.07, 6.45) is 2.85. The first-order chi connectivity index (χ1) is 10.2. The van der Waals surface area contributed by atoms with Crippen LogP contribution in [0.5, 0.6) is 11.5 Å². The minimum atomic E-state index is -3.93. The molecule has 0 aliphatic carbocycles. The Labute approximate surface area is 128 Å². The Balaban J connectivity index is 2.51. The molecule has 0 unspecified atom stereocenters. The molecule has 4 N–H and O–H groups in total. The van der Waals surface area contributed by atoms with Crippen molar-refractivity contribution < 1.29 is 13.2 Å². The van der Waals surface area contributed by atoms with Gasteiger partial charge in [0.05, 0.1) is 6.20 Å². The van der Waals surface area contributed by atoms with Crippen LogP contribution in [-0.4, -0.2) is 23.4 Å². The molecule has 0 aliphatic rings. The molecule has 0 fully saturated rings. The quantitative estimate of drug-likeness (QED) is 0.866. The lowest BCUT2D eigenvalue weighted by atomic mass is 10.1. The lowest BCUT2D eigenvalue weighted by molar-refractivity contribution is 0.466. The van der Waals surface area contributed by atoms with Gasteiger partial charge in [-0.15, -0.1) is 0 Å². The Bertz CT molecular complexity index is 805. The van der Waals surface area contributed by atoms with Crippen LogP contribution < -0.4 is 15.6 Å². The highest BCUT2D eigenvalue weighted by Gasteiger charge is 2.17. The Kier molecular flexibility index (Phi) is 4.29. The average molecular weight is 323 g/mol. The van der Waals surface area contributed by atoms with Crippen LogP contribution >= 0.6 is 0 Å². The molecular weight excluding hydrogens is 306 g/mol. The Morgan fingerprint density at radius 2 is 1.86 bits per heavy atom. The lowest BCUT2D eigenvalue weighted by Gasteiger charge is -2.14. The molecule has 2 heterocycles. The first kappa shape index (κ1) is 16.1. The fourth-order valence-electron chi connectivity index (χ4n) is 1.78. The van der Waals surface area contributed by atoms with Crippen molar-refractivity contribution in [1.29, 1.82) is 0 Å². The van der Waals surface area contributed by atoms with Crippen LogP contribution in [0.2, 0.25) is 0 Å². The smallest absolute Gasteiger partial charge is 0.255 e.